The number of ether oxygens (including phenoxy) is 2. The van der Waals surface area contributed by atoms with E-state index < -0.39 is 23.8 Å². The SMILES string of the molecule is CO[C@@H](C)[C@@](O)(C(=O)OC1=CCN2CC[C@@H](O)[C@H]12)C(C)C. The van der Waals surface area contributed by atoms with Crippen molar-refractivity contribution in [3.8, 4) is 0 Å². The first-order valence-corrected chi connectivity index (χ1v) is 7.42. The molecule has 2 N–H and O–H groups in total. The van der Waals surface area contributed by atoms with Crippen molar-refractivity contribution in [2.24, 2.45) is 5.92 Å². The lowest BCUT2D eigenvalue weighted by molar-refractivity contribution is -0.184. The van der Waals surface area contributed by atoms with Gasteiger partial charge in [0.2, 0.25) is 0 Å². The molecule has 2 rings (SSSR count). The van der Waals surface area contributed by atoms with Crippen LogP contribution in [0, 0.1) is 5.92 Å². The summed E-state index contributed by atoms with van der Waals surface area (Å²) in [6.45, 7) is 6.57. The summed E-state index contributed by atoms with van der Waals surface area (Å²) in [6, 6.07) is -0.275. The number of aliphatic hydroxyl groups is 2. The predicted octanol–water partition coefficient (Wildman–Crippen LogP) is 0.284. The maximum atomic E-state index is 12.5. The second-order valence-electron chi connectivity index (χ2n) is 6.15. The molecule has 0 aromatic heterocycles. The zero-order chi connectivity index (χ0) is 15.8. The minimum atomic E-state index is -1.72. The van der Waals surface area contributed by atoms with Crippen molar-refractivity contribution in [2.45, 2.75) is 51.0 Å². The van der Waals surface area contributed by atoms with Crippen molar-refractivity contribution < 1.29 is 24.5 Å². The van der Waals surface area contributed by atoms with E-state index in [1.165, 1.54) is 7.11 Å². The first-order valence-electron chi connectivity index (χ1n) is 7.42. The predicted molar refractivity (Wildman–Crippen MR) is 76.4 cm³/mol. The normalized spacial score (nSPS) is 30.0. The summed E-state index contributed by atoms with van der Waals surface area (Å²) < 4.78 is 10.6. The molecule has 120 valence electrons. The molecule has 0 spiro atoms. The van der Waals surface area contributed by atoms with Crippen molar-refractivity contribution in [2.75, 3.05) is 20.2 Å². The van der Waals surface area contributed by atoms with E-state index >= 15 is 0 Å². The summed E-state index contributed by atoms with van der Waals surface area (Å²) in [7, 11) is 1.45. The van der Waals surface area contributed by atoms with Crippen LogP contribution in [0.3, 0.4) is 0 Å². The lowest BCUT2D eigenvalue weighted by Gasteiger charge is -2.34. The summed E-state index contributed by atoms with van der Waals surface area (Å²) >= 11 is 0. The number of carbonyl (C=O) groups excluding carboxylic acids is 1. The number of hydrogen-bond acceptors (Lipinski definition) is 6. The monoisotopic (exact) mass is 299 g/mol. The third-order valence-electron chi connectivity index (χ3n) is 4.68. The second kappa shape index (κ2) is 6.04. The van der Waals surface area contributed by atoms with E-state index in [1.54, 1.807) is 26.8 Å². The van der Waals surface area contributed by atoms with Gasteiger partial charge in [-0.15, -0.1) is 0 Å². The Morgan fingerprint density at radius 3 is 2.71 bits per heavy atom. The van der Waals surface area contributed by atoms with Gasteiger partial charge in [0.1, 0.15) is 5.76 Å². The molecule has 4 atom stereocenters. The lowest BCUT2D eigenvalue weighted by atomic mass is 9.85. The molecule has 6 nitrogen and oxygen atoms in total. The Morgan fingerprint density at radius 1 is 1.48 bits per heavy atom. The van der Waals surface area contributed by atoms with Gasteiger partial charge < -0.3 is 19.7 Å². The Bertz CT molecular complexity index is 436. The molecule has 1 saturated heterocycles. The summed E-state index contributed by atoms with van der Waals surface area (Å²) in [6.07, 6.45) is 1.25. The Morgan fingerprint density at radius 2 is 2.14 bits per heavy atom. The lowest BCUT2D eigenvalue weighted by Crippen LogP contribution is -2.54. The smallest absolute Gasteiger partial charge is 0.346 e. The average Bonchev–Trinajstić information content (AvgIpc) is 3.01. The average molecular weight is 299 g/mol. The molecule has 2 aliphatic rings. The van der Waals surface area contributed by atoms with Crippen molar-refractivity contribution in [1.82, 2.24) is 4.90 Å². The van der Waals surface area contributed by atoms with Gasteiger partial charge in [-0.1, -0.05) is 13.8 Å². The third kappa shape index (κ3) is 2.73. The van der Waals surface area contributed by atoms with E-state index in [9.17, 15) is 15.0 Å². The number of hydrogen-bond donors (Lipinski definition) is 2. The van der Waals surface area contributed by atoms with Crippen LogP contribution in [0.2, 0.25) is 0 Å². The molecular weight excluding hydrogens is 274 g/mol. The molecule has 1 fully saturated rings. The first-order chi connectivity index (χ1) is 9.82. The van der Waals surface area contributed by atoms with E-state index in [4.69, 9.17) is 9.47 Å². The Labute approximate surface area is 125 Å². The fourth-order valence-corrected chi connectivity index (χ4v) is 3.08. The largest absolute Gasteiger partial charge is 0.427 e. The van der Waals surface area contributed by atoms with Gasteiger partial charge >= 0.3 is 5.97 Å². The number of aliphatic hydroxyl groups excluding tert-OH is 1. The van der Waals surface area contributed by atoms with E-state index in [1.807, 2.05) is 0 Å². The van der Waals surface area contributed by atoms with Gasteiger partial charge in [0, 0.05) is 20.2 Å². The molecule has 0 aliphatic carbocycles. The zero-order valence-corrected chi connectivity index (χ0v) is 13.1. The third-order valence-corrected chi connectivity index (χ3v) is 4.68. The summed E-state index contributed by atoms with van der Waals surface area (Å²) in [5, 5.41) is 20.7. The molecule has 0 radical (unpaired) electrons. The number of methoxy groups -OCH3 is 1. The Balaban J connectivity index is 2.13. The highest BCUT2D eigenvalue weighted by Gasteiger charge is 2.49. The first kappa shape index (κ1) is 16.4. The maximum absolute atomic E-state index is 12.5. The molecule has 6 heteroatoms. The van der Waals surface area contributed by atoms with Gasteiger partial charge in [0.05, 0.1) is 18.2 Å². The molecule has 0 bridgehead atoms. The summed E-state index contributed by atoms with van der Waals surface area (Å²) in [4.78, 5) is 14.5. The van der Waals surface area contributed by atoms with Crippen molar-refractivity contribution in [1.29, 1.82) is 0 Å². The van der Waals surface area contributed by atoms with Gasteiger partial charge in [-0.2, -0.15) is 0 Å². The second-order valence-corrected chi connectivity index (χ2v) is 6.15. The highest BCUT2D eigenvalue weighted by molar-refractivity contribution is 5.81. The Kier molecular flexibility index (Phi) is 4.72. The summed E-state index contributed by atoms with van der Waals surface area (Å²) in [5.74, 6) is -0.641. The number of nitrogens with zero attached hydrogens (tertiary/aromatic N) is 1. The molecule has 0 saturated carbocycles. The fourth-order valence-electron chi connectivity index (χ4n) is 3.08. The molecule has 0 unspecified atom stereocenters. The molecule has 0 amide bonds. The van der Waals surface area contributed by atoms with Crippen LogP contribution in [-0.2, 0) is 14.3 Å². The van der Waals surface area contributed by atoms with Crippen LogP contribution in [-0.4, -0.2) is 65.1 Å². The van der Waals surface area contributed by atoms with Crippen molar-refractivity contribution in [3.05, 3.63) is 11.8 Å². The molecule has 0 aromatic carbocycles. The van der Waals surface area contributed by atoms with Gasteiger partial charge in [-0.05, 0) is 25.3 Å². The molecule has 0 aromatic rings. The van der Waals surface area contributed by atoms with Gasteiger partial charge in [-0.3, -0.25) is 4.90 Å². The fraction of sp³-hybridized carbons (Fsp3) is 0.800. The number of rotatable bonds is 5. The van der Waals surface area contributed by atoms with E-state index in [0.29, 0.717) is 18.7 Å². The van der Waals surface area contributed by atoms with Crippen LogP contribution in [0.25, 0.3) is 0 Å². The van der Waals surface area contributed by atoms with E-state index in [-0.39, 0.29) is 12.0 Å². The van der Waals surface area contributed by atoms with E-state index in [2.05, 4.69) is 4.90 Å². The highest BCUT2D eigenvalue weighted by Crippen LogP contribution is 2.32. The minimum Gasteiger partial charge on any atom is -0.427 e. The van der Waals surface area contributed by atoms with Crippen LogP contribution in [0.4, 0.5) is 0 Å². The van der Waals surface area contributed by atoms with Crippen molar-refractivity contribution in [3.63, 3.8) is 0 Å². The topological polar surface area (TPSA) is 79.2 Å². The van der Waals surface area contributed by atoms with Gasteiger partial charge in [-0.25, -0.2) is 4.79 Å². The molecule has 2 aliphatic heterocycles. The number of fused-ring (bicyclic) bond motifs is 1. The van der Waals surface area contributed by atoms with Gasteiger partial charge in [0.25, 0.3) is 0 Å². The van der Waals surface area contributed by atoms with Crippen LogP contribution in [0.15, 0.2) is 11.8 Å². The zero-order valence-electron chi connectivity index (χ0n) is 13.1. The minimum absolute atomic E-state index is 0.275. The number of esters is 1. The molecule has 2 heterocycles. The van der Waals surface area contributed by atoms with Crippen LogP contribution >= 0.6 is 0 Å². The standard InChI is InChI=1S/C15H25NO5/c1-9(2)15(19,10(3)20-4)14(18)21-12-6-8-16-7-5-11(17)13(12)16/h6,9-11,13,17,19H,5,7-8H2,1-4H3/t10-,11+,13+,15+/m0/s1. The van der Waals surface area contributed by atoms with Gasteiger partial charge in [0.15, 0.2) is 5.60 Å². The number of carbonyl (C=O) groups is 1. The molecule has 21 heavy (non-hydrogen) atoms. The summed E-state index contributed by atoms with van der Waals surface area (Å²) in [5.41, 5.74) is -1.72. The highest BCUT2D eigenvalue weighted by atomic mass is 16.6. The van der Waals surface area contributed by atoms with Crippen LogP contribution in [0.1, 0.15) is 27.2 Å². The van der Waals surface area contributed by atoms with E-state index in [0.717, 1.165) is 6.54 Å². The van der Waals surface area contributed by atoms with Crippen LogP contribution in [0.5, 0.6) is 0 Å². The van der Waals surface area contributed by atoms with Crippen LogP contribution < -0.4 is 0 Å². The maximum Gasteiger partial charge on any atom is 0.346 e. The van der Waals surface area contributed by atoms with Crippen molar-refractivity contribution >= 4 is 5.97 Å². The molecular formula is C15H25NO5. The Hall–Kier alpha value is -0.950. The quantitative estimate of drug-likeness (QED) is 0.710.